The molecular formula is C13H17ClN4O2. The Bertz CT molecular complexity index is 603. The van der Waals surface area contributed by atoms with Crippen LogP contribution in [0.3, 0.4) is 0 Å². The van der Waals surface area contributed by atoms with Gasteiger partial charge in [-0.3, -0.25) is 4.68 Å². The summed E-state index contributed by atoms with van der Waals surface area (Å²) in [6.07, 6.45) is 5.48. The Morgan fingerprint density at radius 3 is 2.85 bits per heavy atom. The second-order valence-corrected chi connectivity index (χ2v) is 5.76. The van der Waals surface area contributed by atoms with Crippen molar-refractivity contribution in [2.24, 2.45) is 7.05 Å². The number of aromatic nitrogens is 4. The van der Waals surface area contributed by atoms with Gasteiger partial charge in [-0.15, -0.1) is 0 Å². The molecule has 6 nitrogen and oxygen atoms in total. The van der Waals surface area contributed by atoms with Crippen LogP contribution < -0.4 is 0 Å². The minimum Gasteiger partial charge on any atom is -0.384 e. The quantitative estimate of drug-likeness (QED) is 0.845. The van der Waals surface area contributed by atoms with Crippen LogP contribution in [0.25, 0.3) is 0 Å². The number of aryl methyl sites for hydroxylation is 1. The van der Waals surface area contributed by atoms with E-state index in [9.17, 15) is 0 Å². The minimum absolute atomic E-state index is 0.0894. The highest BCUT2D eigenvalue weighted by atomic mass is 35.5. The maximum absolute atomic E-state index is 6.09. The van der Waals surface area contributed by atoms with Crippen molar-refractivity contribution in [2.75, 3.05) is 13.7 Å². The van der Waals surface area contributed by atoms with Crippen LogP contribution in [-0.4, -0.2) is 33.6 Å². The van der Waals surface area contributed by atoms with Crippen LogP contribution >= 0.6 is 11.6 Å². The van der Waals surface area contributed by atoms with E-state index < -0.39 is 0 Å². The normalized spacial score (nSPS) is 17.1. The Morgan fingerprint density at radius 1 is 1.50 bits per heavy atom. The van der Waals surface area contributed by atoms with Crippen LogP contribution in [0, 0.1) is 0 Å². The Morgan fingerprint density at radius 2 is 2.30 bits per heavy atom. The van der Waals surface area contributed by atoms with Gasteiger partial charge in [0.2, 0.25) is 5.89 Å². The van der Waals surface area contributed by atoms with E-state index in [0.717, 1.165) is 18.5 Å². The lowest BCUT2D eigenvalue weighted by Gasteiger charge is -2.37. The largest absolute Gasteiger partial charge is 0.384 e. The molecule has 2 heterocycles. The molecule has 20 heavy (non-hydrogen) atoms. The summed E-state index contributed by atoms with van der Waals surface area (Å²) in [6, 6.07) is 0. The topological polar surface area (TPSA) is 66.0 Å². The SMILES string of the molecule is COCC1(c2nc(Cc3nn(C)cc3Cl)no2)CCC1. The summed E-state index contributed by atoms with van der Waals surface area (Å²) in [5.74, 6) is 1.29. The fraction of sp³-hybridized carbons (Fsp3) is 0.615. The fourth-order valence-corrected chi connectivity index (χ4v) is 2.86. The second-order valence-electron chi connectivity index (χ2n) is 5.36. The molecule has 2 aromatic heterocycles. The summed E-state index contributed by atoms with van der Waals surface area (Å²) >= 11 is 6.09. The van der Waals surface area contributed by atoms with Crippen LogP contribution in [0.2, 0.25) is 5.02 Å². The van der Waals surface area contributed by atoms with Crippen molar-refractivity contribution in [2.45, 2.75) is 31.1 Å². The lowest BCUT2D eigenvalue weighted by Crippen LogP contribution is -2.39. The van der Waals surface area contributed by atoms with Crippen LogP contribution in [0.15, 0.2) is 10.7 Å². The molecule has 0 N–H and O–H groups in total. The van der Waals surface area contributed by atoms with E-state index in [2.05, 4.69) is 15.2 Å². The standard InChI is InChI=1S/C13H17ClN4O2/c1-18-7-9(14)10(16-18)6-11-15-12(20-17-11)13(8-19-2)4-3-5-13/h7H,3-6,8H2,1-2H3. The van der Waals surface area contributed by atoms with Crippen molar-refractivity contribution < 1.29 is 9.26 Å². The Labute approximate surface area is 122 Å². The number of ether oxygens (including phenoxy) is 1. The fourth-order valence-electron chi connectivity index (χ4n) is 2.62. The number of hydrogen-bond donors (Lipinski definition) is 0. The first kappa shape index (κ1) is 13.6. The molecule has 0 atom stereocenters. The van der Waals surface area contributed by atoms with Gasteiger partial charge in [0.05, 0.1) is 29.2 Å². The number of halogens is 1. The van der Waals surface area contributed by atoms with Gasteiger partial charge in [-0.1, -0.05) is 23.2 Å². The van der Waals surface area contributed by atoms with Gasteiger partial charge in [0.1, 0.15) is 0 Å². The van der Waals surface area contributed by atoms with Crippen molar-refractivity contribution in [1.82, 2.24) is 19.9 Å². The monoisotopic (exact) mass is 296 g/mol. The molecule has 0 amide bonds. The maximum atomic E-state index is 6.09. The predicted molar refractivity (Wildman–Crippen MR) is 72.7 cm³/mol. The van der Waals surface area contributed by atoms with E-state index in [1.807, 2.05) is 7.05 Å². The zero-order valence-electron chi connectivity index (χ0n) is 11.6. The average molecular weight is 297 g/mol. The lowest BCUT2D eigenvalue weighted by atomic mass is 9.69. The summed E-state index contributed by atoms with van der Waals surface area (Å²) in [6.45, 7) is 0.624. The van der Waals surface area contributed by atoms with Crippen molar-refractivity contribution in [1.29, 1.82) is 0 Å². The molecule has 0 saturated heterocycles. The summed E-state index contributed by atoms with van der Waals surface area (Å²) in [4.78, 5) is 4.50. The van der Waals surface area contributed by atoms with E-state index in [1.54, 1.807) is 18.0 Å². The molecule has 1 aliphatic carbocycles. The van der Waals surface area contributed by atoms with Crippen molar-refractivity contribution >= 4 is 11.6 Å². The molecule has 0 bridgehead atoms. The van der Waals surface area contributed by atoms with Crippen LogP contribution in [0.1, 0.15) is 36.7 Å². The Kier molecular flexibility index (Phi) is 3.52. The summed E-state index contributed by atoms with van der Waals surface area (Å²) in [5, 5.41) is 8.95. The molecule has 0 aromatic carbocycles. The van der Waals surface area contributed by atoms with E-state index in [-0.39, 0.29) is 5.41 Å². The van der Waals surface area contributed by atoms with E-state index in [0.29, 0.717) is 29.8 Å². The van der Waals surface area contributed by atoms with Gasteiger partial charge >= 0.3 is 0 Å². The predicted octanol–water partition coefficient (Wildman–Crippen LogP) is 2.12. The summed E-state index contributed by atoms with van der Waals surface area (Å²) in [5.41, 5.74) is 0.671. The van der Waals surface area contributed by atoms with Gasteiger partial charge in [0.25, 0.3) is 0 Å². The first-order chi connectivity index (χ1) is 9.63. The molecule has 1 aliphatic rings. The molecule has 3 rings (SSSR count). The summed E-state index contributed by atoms with van der Waals surface area (Å²) in [7, 11) is 3.53. The van der Waals surface area contributed by atoms with E-state index >= 15 is 0 Å². The molecule has 0 aliphatic heterocycles. The van der Waals surface area contributed by atoms with Crippen LogP contribution in [-0.2, 0) is 23.6 Å². The minimum atomic E-state index is -0.0894. The molecule has 7 heteroatoms. The van der Waals surface area contributed by atoms with E-state index in [4.69, 9.17) is 20.9 Å². The molecule has 0 unspecified atom stereocenters. The van der Waals surface area contributed by atoms with Gasteiger partial charge in [0.15, 0.2) is 5.82 Å². The Hall–Kier alpha value is -1.40. The molecule has 0 radical (unpaired) electrons. The highest BCUT2D eigenvalue weighted by molar-refractivity contribution is 6.31. The first-order valence-electron chi connectivity index (χ1n) is 6.63. The number of nitrogens with zero attached hydrogens (tertiary/aromatic N) is 4. The maximum Gasteiger partial charge on any atom is 0.235 e. The lowest BCUT2D eigenvalue weighted by molar-refractivity contribution is 0.0552. The first-order valence-corrected chi connectivity index (χ1v) is 7.01. The van der Waals surface area contributed by atoms with Crippen LogP contribution in [0.5, 0.6) is 0 Å². The number of methoxy groups -OCH3 is 1. The molecule has 0 spiro atoms. The second kappa shape index (κ2) is 5.18. The smallest absolute Gasteiger partial charge is 0.235 e. The number of hydrogen-bond acceptors (Lipinski definition) is 5. The van der Waals surface area contributed by atoms with Gasteiger partial charge < -0.3 is 9.26 Å². The van der Waals surface area contributed by atoms with E-state index in [1.165, 1.54) is 6.42 Å². The summed E-state index contributed by atoms with van der Waals surface area (Å²) < 4.78 is 12.4. The van der Waals surface area contributed by atoms with Gasteiger partial charge in [-0.05, 0) is 12.8 Å². The van der Waals surface area contributed by atoms with Crippen LogP contribution in [0.4, 0.5) is 0 Å². The molecule has 108 valence electrons. The van der Waals surface area contributed by atoms with Crippen molar-refractivity contribution in [3.8, 4) is 0 Å². The highest BCUT2D eigenvalue weighted by Gasteiger charge is 2.43. The van der Waals surface area contributed by atoms with Gasteiger partial charge in [-0.25, -0.2) is 0 Å². The third kappa shape index (κ3) is 2.33. The highest BCUT2D eigenvalue weighted by Crippen LogP contribution is 2.43. The third-order valence-corrected chi connectivity index (χ3v) is 4.15. The van der Waals surface area contributed by atoms with Gasteiger partial charge in [-0.2, -0.15) is 10.1 Å². The van der Waals surface area contributed by atoms with Gasteiger partial charge in [0, 0.05) is 20.4 Å². The number of rotatable bonds is 5. The average Bonchev–Trinajstić information content (AvgIpc) is 2.92. The molecular weight excluding hydrogens is 280 g/mol. The zero-order chi connectivity index (χ0) is 14.2. The zero-order valence-corrected chi connectivity index (χ0v) is 12.4. The molecule has 1 fully saturated rings. The molecule has 1 saturated carbocycles. The molecule has 2 aromatic rings. The van der Waals surface area contributed by atoms with Crippen molar-refractivity contribution in [3.05, 3.63) is 28.6 Å². The Balaban J connectivity index is 1.78. The van der Waals surface area contributed by atoms with Crippen molar-refractivity contribution in [3.63, 3.8) is 0 Å². The third-order valence-electron chi connectivity index (χ3n) is 3.83.